The number of aliphatic hydroxyl groups is 1. The third-order valence-corrected chi connectivity index (χ3v) is 2.41. The zero-order chi connectivity index (χ0) is 12.0. The summed E-state index contributed by atoms with van der Waals surface area (Å²) in [7, 11) is 3.27. The summed E-state index contributed by atoms with van der Waals surface area (Å²) in [5.74, 6) is 1.59. The molecule has 0 aromatic heterocycles. The Kier molecular flexibility index (Phi) is 4.86. The molecular formula is C13H18O3. The van der Waals surface area contributed by atoms with Crippen LogP contribution in [0.5, 0.6) is 11.5 Å². The van der Waals surface area contributed by atoms with Crippen molar-refractivity contribution in [2.45, 2.75) is 13.3 Å². The minimum absolute atomic E-state index is 0.0957. The Hall–Kier alpha value is -1.48. The predicted molar refractivity (Wildman–Crippen MR) is 64.1 cm³/mol. The Labute approximate surface area is 96.3 Å². The highest BCUT2D eigenvalue weighted by molar-refractivity contribution is 5.41. The van der Waals surface area contributed by atoms with Crippen molar-refractivity contribution in [1.82, 2.24) is 0 Å². The molecule has 1 rings (SSSR count). The van der Waals surface area contributed by atoms with E-state index in [9.17, 15) is 0 Å². The first-order chi connectivity index (χ1) is 7.71. The maximum Gasteiger partial charge on any atom is 0.126 e. The fourth-order valence-corrected chi connectivity index (χ4v) is 1.37. The van der Waals surface area contributed by atoms with Crippen LogP contribution in [0.1, 0.15) is 12.5 Å². The van der Waals surface area contributed by atoms with Crippen molar-refractivity contribution in [2.24, 2.45) is 0 Å². The normalized spacial score (nSPS) is 11.4. The monoisotopic (exact) mass is 222 g/mol. The van der Waals surface area contributed by atoms with Crippen LogP contribution in [0, 0.1) is 0 Å². The SMILES string of the molecule is COc1ccc(C/C=C(\C)CO)c(OC)c1. The second kappa shape index (κ2) is 6.18. The van der Waals surface area contributed by atoms with E-state index < -0.39 is 0 Å². The van der Waals surface area contributed by atoms with Crippen molar-refractivity contribution in [3.05, 3.63) is 35.4 Å². The maximum atomic E-state index is 8.90. The highest BCUT2D eigenvalue weighted by Crippen LogP contribution is 2.25. The van der Waals surface area contributed by atoms with Gasteiger partial charge in [-0.15, -0.1) is 0 Å². The Morgan fingerprint density at radius 3 is 2.62 bits per heavy atom. The van der Waals surface area contributed by atoms with Crippen LogP contribution in [0.2, 0.25) is 0 Å². The Morgan fingerprint density at radius 2 is 2.06 bits per heavy atom. The molecule has 0 aliphatic heterocycles. The fraction of sp³-hybridized carbons (Fsp3) is 0.385. The lowest BCUT2D eigenvalue weighted by Gasteiger charge is -2.09. The van der Waals surface area contributed by atoms with Gasteiger partial charge >= 0.3 is 0 Å². The summed E-state index contributed by atoms with van der Waals surface area (Å²) in [6, 6.07) is 5.73. The van der Waals surface area contributed by atoms with Gasteiger partial charge in [-0.2, -0.15) is 0 Å². The molecule has 1 N–H and O–H groups in total. The van der Waals surface area contributed by atoms with Crippen LogP contribution >= 0.6 is 0 Å². The summed E-state index contributed by atoms with van der Waals surface area (Å²) in [6.07, 6.45) is 2.74. The summed E-state index contributed by atoms with van der Waals surface area (Å²) in [5, 5.41) is 8.90. The molecule has 88 valence electrons. The van der Waals surface area contributed by atoms with Gasteiger partial charge in [0.05, 0.1) is 20.8 Å². The molecule has 0 radical (unpaired) electrons. The van der Waals surface area contributed by atoms with Crippen LogP contribution in [0.4, 0.5) is 0 Å². The molecule has 1 aromatic rings. The summed E-state index contributed by atoms with van der Waals surface area (Å²) in [6.45, 7) is 1.99. The molecule has 0 aliphatic carbocycles. The highest BCUT2D eigenvalue weighted by atomic mass is 16.5. The third kappa shape index (κ3) is 3.28. The standard InChI is InChI=1S/C13H18O3/c1-10(9-14)4-5-11-6-7-12(15-2)8-13(11)16-3/h4,6-8,14H,5,9H2,1-3H3/b10-4+. The average molecular weight is 222 g/mol. The van der Waals surface area contributed by atoms with E-state index in [-0.39, 0.29) is 6.61 Å². The van der Waals surface area contributed by atoms with Gasteiger partial charge in [-0.3, -0.25) is 0 Å². The number of rotatable bonds is 5. The number of methoxy groups -OCH3 is 2. The minimum Gasteiger partial charge on any atom is -0.497 e. The number of allylic oxidation sites excluding steroid dienone is 1. The molecule has 0 atom stereocenters. The zero-order valence-corrected chi connectivity index (χ0v) is 9.99. The topological polar surface area (TPSA) is 38.7 Å². The predicted octanol–water partition coefficient (Wildman–Crippen LogP) is 2.18. The lowest BCUT2D eigenvalue weighted by atomic mass is 10.1. The molecule has 0 fully saturated rings. The van der Waals surface area contributed by atoms with Gasteiger partial charge in [-0.1, -0.05) is 17.7 Å². The van der Waals surface area contributed by atoms with Crippen LogP contribution < -0.4 is 9.47 Å². The number of ether oxygens (including phenoxy) is 2. The van der Waals surface area contributed by atoms with E-state index in [1.807, 2.05) is 31.2 Å². The lowest BCUT2D eigenvalue weighted by Crippen LogP contribution is -1.93. The molecular weight excluding hydrogens is 204 g/mol. The summed E-state index contributed by atoms with van der Waals surface area (Å²) in [5.41, 5.74) is 2.04. The van der Waals surface area contributed by atoms with Gasteiger partial charge in [0.25, 0.3) is 0 Å². The van der Waals surface area contributed by atoms with Crippen LogP contribution in [0.3, 0.4) is 0 Å². The lowest BCUT2D eigenvalue weighted by molar-refractivity contribution is 0.331. The first-order valence-electron chi connectivity index (χ1n) is 5.18. The zero-order valence-electron chi connectivity index (χ0n) is 9.99. The molecule has 0 unspecified atom stereocenters. The number of aliphatic hydroxyl groups excluding tert-OH is 1. The van der Waals surface area contributed by atoms with E-state index in [1.54, 1.807) is 14.2 Å². The van der Waals surface area contributed by atoms with Crippen LogP contribution in [0.15, 0.2) is 29.8 Å². The molecule has 3 nitrogen and oxygen atoms in total. The quantitative estimate of drug-likeness (QED) is 0.776. The van der Waals surface area contributed by atoms with Gasteiger partial charge in [-0.25, -0.2) is 0 Å². The maximum absolute atomic E-state index is 8.90. The average Bonchev–Trinajstić information content (AvgIpc) is 2.35. The molecule has 0 saturated carbocycles. The summed E-state index contributed by atoms with van der Waals surface area (Å²) < 4.78 is 10.4. The number of hydrogen-bond donors (Lipinski definition) is 1. The first kappa shape index (κ1) is 12.6. The van der Waals surface area contributed by atoms with Gasteiger partial charge < -0.3 is 14.6 Å². The van der Waals surface area contributed by atoms with E-state index in [0.29, 0.717) is 0 Å². The molecule has 0 amide bonds. The Balaban J connectivity index is 2.87. The molecule has 0 spiro atoms. The molecule has 1 aromatic carbocycles. The van der Waals surface area contributed by atoms with Gasteiger partial charge in [-0.05, 0) is 25.0 Å². The second-order valence-electron chi connectivity index (χ2n) is 3.59. The van der Waals surface area contributed by atoms with E-state index in [0.717, 1.165) is 29.1 Å². The van der Waals surface area contributed by atoms with Crippen molar-refractivity contribution in [3.63, 3.8) is 0 Å². The van der Waals surface area contributed by atoms with E-state index in [2.05, 4.69) is 0 Å². The van der Waals surface area contributed by atoms with Crippen molar-refractivity contribution < 1.29 is 14.6 Å². The molecule has 0 heterocycles. The van der Waals surface area contributed by atoms with Crippen molar-refractivity contribution in [2.75, 3.05) is 20.8 Å². The van der Waals surface area contributed by atoms with Crippen molar-refractivity contribution >= 4 is 0 Å². The molecule has 16 heavy (non-hydrogen) atoms. The first-order valence-corrected chi connectivity index (χ1v) is 5.18. The summed E-state index contributed by atoms with van der Waals surface area (Å²) >= 11 is 0. The summed E-state index contributed by atoms with van der Waals surface area (Å²) in [4.78, 5) is 0. The van der Waals surface area contributed by atoms with Crippen molar-refractivity contribution in [1.29, 1.82) is 0 Å². The van der Waals surface area contributed by atoms with Gasteiger partial charge in [0.1, 0.15) is 11.5 Å². The van der Waals surface area contributed by atoms with Gasteiger partial charge in [0.15, 0.2) is 0 Å². The molecule has 3 heteroatoms. The highest BCUT2D eigenvalue weighted by Gasteiger charge is 2.03. The largest absolute Gasteiger partial charge is 0.497 e. The number of benzene rings is 1. The number of hydrogen-bond acceptors (Lipinski definition) is 3. The Bertz CT molecular complexity index is 369. The third-order valence-electron chi connectivity index (χ3n) is 2.41. The van der Waals surface area contributed by atoms with E-state index >= 15 is 0 Å². The molecule has 0 bridgehead atoms. The smallest absolute Gasteiger partial charge is 0.126 e. The second-order valence-corrected chi connectivity index (χ2v) is 3.59. The fourth-order valence-electron chi connectivity index (χ4n) is 1.37. The van der Waals surface area contributed by atoms with Gasteiger partial charge in [0, 0.05) is 6.07 Å². The van der Waals surface area contributed by atoms with E-state index in [4.69, 9.17) is 14.6 Å². The molecule has 0 aliphatic rings. The van der Waals surface area contributed by atoms with Crippen LogP contribution in [0.25, 0.3) is 0 Å². The van der Waals surface area contributed by atoms with Crippen LogP contribution in [-0.2, 0) is 6.42 Å². The van der Waals surface area contributed by atoms with Crippen molar-refractivity contribution in [3.8, 4) is 11.5 Å². The minimum atomic E-state index is 0.0957. The van der Waals surface area contributed by atoms with E-state index in [1.165, 1.54) is 0 Å². The Morgan fingerprint density at radius 1 is 1.31 bits per heavy atom. The molecule has 0 saturated heterocycles. The van der Waals surface area contributed by atoms with Crippen LogP contribution in [-0.4, -0.2) is 25.9 Å². The van der Waals surface area contributed by atoms with Gasteiger partial charge in [0.2, 0.25) is 0 Å².